The smallest absolute Gasteiger partial charge is 0.292 e. The van der Waals surface area contributed by atoms with Gasteiger partial charge in [0.1, 0.15) is 17.7 Å². The van der Waals surface area contributed by atoms with Crippen molar-refractivity contribution in [1.82, 2.24) is 24.8 Å². The maximum absolute atomic E-state index is 13.6. The minimum absolute atomic E-state index is 0.0739. The fraction of sp³-hybridized carbons (Fsp3) is 0.300. The summed E-state index contributed by atoms with van der Waals surface area (Å²) in [6.07, 6.45) is -0.889. The number of hydrogen-bond acceptors (Lipinski definition) is 7. The zero-order valence-corrected chi connectivity index (χ0v) is 17.2. The van der Waals surface area contributed by atoms with Gasteiger partial charge in [-0.25, -0.2) is 23.7 Å². The summed E-state index contributed by atoms with van der Waals surface area (Å²) in [6.45, 7) is 0.176. The van der Waals surface area contributed by atoms with Crippen LogP contribution in [0.3, 0.4) is 0 Å². The first-order chi connectivity index (χ1) is 15.1. The third kappa shape index (κ3) is 3.39. The number of ether oxygens (including phenoxy) is 1. The molecule has 1 aliphatic heterocycles. The third-order valence-electron chi connectivity index (χ3n) is 5.10. The van der Waals surface area contributed by atoms with Crippen molar-refractivity contribution in [3.63, 3.8) is 0 Å². The molecule has 11 heteroatoms. The molecule has 0 fully saturated rings. The lowest BCUT2D eigenvalue weighted by molar-refractivity contribution is 0.0636. The number of halogens is 2. The van der Waals surface area contributed by atoms with Crippen LogP contribution in [0.5, 0.6) is 0 Å². The van der Waals surface area contributed by atoms with E-state index in [1.165, 1.54) is 23.3 Å². The number of fused-ring (bicyclic) bond motifs is 2. The van der Waals surface area contributed by atoms with Crippen molar-refractivity contribution in [2.45, 2.75) is 25.5 Å². The summed E-state index contributed by atoms with van der Waals surface area (Å²) in [5.74, 6) is -1.23. The van der Waals surface area contributed by atoms with Crippen LogP contribution in [0, 0.1) is 0 Å². The van der Waals surface area contributed by atoms with E-state index in [1.807, 2.05) is 24.3 Å². The van der Waals surface area contributed by atoms with Crippen LogP contribution < -0.4 is 0 Å². The molecule has 5 rings (SSSR count). The maximum Gasteiger partial charge on any atom is 0.292 e. The van der Waals surface area contributed by atoms with Crippen molar-refractivity contribution in [2.75, 3.05) is 13.7 Å². The molecule has 4 aromatic rings. The Morgan fingerprint density at radius 2 is 2.23 bits per heavy atom. The van der Waals surface area contributed by atoms with E-state index in [-0.39, 0.29) is 19.0 Å². The van der Waals surface area contributed by atoms with Gasteiger partial charge in [0.05, 0.1) is 22.2 Å². The lowest BCUT2D eigenvalue weighted by Gasteiger charge is -2.33. The number of aromatic nitrogens is 4. The van der Waals surface area contributed by atoms with Gasteiger partial charge in [0.15, 0.2) is 5.69 Å². The van der Waals surface area contributed by atoms with Crippen LogP contribution >= 0.6 is 11.3 Å². The van der Waals surface area contributed by atoms with Crippen LogP contribution in [0.4, 0.5) is 8.78 Å². The molecule has 1 amide bonds. The second-order valence-electron chi connectivity index (χ2n) is 6.99. The van der Waals surface area contributed by atoms with E-state index < -0.39 is 29.8 Å². The Morgan fingerprint density at radius 3 is 3.00 bits per heavy atom. The second kappa shape index (κ2) is 7.82. The molecule has 8 nitrogen and oxygen atoms in total. The van der Waals surface area contributed by atoms with Crippen molar-refractivity contribution < 1.29 is 22.7 Å². The average Bonchev–Trinajstić information content (AvgIpc) is 3.49. The lowest BCUT2D eigenvalue weighted by atomic mass is 10.0. The summed E-state index contributed by atoms with van der Waals surface area (Å²) < 4.78 is 38.5. The summed E-state index contributed by atoms with van der Waals surface area (Å²) in [5.41, 5.74) is 1.65. The van der Waals surface area contributed by atoms with E-state index >= 15 is 0 Å². The standard InChI is InChI=1S/C20H17F2N5O3S/c1-29-8-13-26-15(18(21)22)17(30-13)20(28)27-7-6-11-14(24-9-23-11)16(27)19-25-10-4-2-3-5-12(10)31-19/h2-5,9,16,18H,6-8H2,1H3,(H,23,24)/t16-/m0/s1. The number of nitrogens with one attached hydrogen (secondary N) is 1. The number of nitrogens with zero attached hydrogens (tertiary/aromatic N) is 4. The van der Waals surface area contributed by atoms with Crippen molar-refractivity contribution >= 4 is 27.5 Å². The average molecular weight is 445 g/mol. The highest BCUT2D eigenvalue weighted by Crippen LogP contribution is 2.39. The molecule has 3 aromatic heterocycles. The minimum Gasteiger partial charge on any atom is -0.432 e. The maximum atomic E-state index is 13.6. The Morgan fingerprint density at radius 1 is 1.39 bits per heavy atom. The molecule has 4 heterocycles. The molecule has 0 saturated carbocycles. The Balaban J connectivity index is 1.60. The number of amides is 1. The molecule has 1 aliphatic rings. The van der Waals surface area contributed by atoms with E-state index in [9.17, 15) is 13.6 Å². The zero-order chi connectivity index (χ0) is 21.5. The number of hydrogen-bond donors (Lipinski definition) is 1. The fourth-order valence-electron chi connectivity index (χ4n) is 3.75. The van der Waals surface area contributed by atoms with Gasteiger partial charge in [-0.15, -0.1) is 11.3 Å². The molecule has 0 aliphatic carbocycles. The molecule has 0 unspecified atom stereocenters. The topological polar surface area (TPSA) is 97.1 Å². The SMILES string of the molecule is COCc1nc(C(F)F)c(C(=O)N2CCc3[nH]cnc3[C@H]2c2nc3ccccc3s2)o1. The van der Waals surface area contributed by atoms with E-state index in [0.717, 1.165) is 15.9 Å². The fourth-order valence-corrected chi connectivity index (χ4v) is 4.83. The largest absolute Gasteiger partial charge is 0.432 e. The Labute approximate surface area is 178 Å². The second-order valence-corrected chi connectivity index (χ2v) is 8.06. The number of carbonyl (C=O) groups excluding carboxylic acids is 1. The van der Waals surface area contributed by atoms with Gasteiger partial charge in [0, 0.05) is 25.8 Å². The van der Waals surface area contributed by atoms with Gasteiger partial charge in [-0.05, 0) is 12.1 Å². The predicted molar refractivity (Wildman–Crippen MR) is 107 cm³/mol. The number of carbonyl (C=O) groups is 1. The number of thiazole rings is 1. The van der Waals surface area contributed by atoms with Crippen LogP contribution in [0.1, 0.15) is 51.0 Å². The zero-order valence-electron chi connectivity index (χ0n) is 16.3. The summed E-state index contributed by atoms with van der Waals surface area (Å²) in [7, 11) is 1.39. The van der Waals surface area contributed by atoms with Crippen LogP contribution in [0.25, 0.3) is 10.2 Å². The number of oxazole rings is 1. The van der Waals surface area contributed by atoms with Crippen LogP contribution in [-0.2, 0) is 17.8 Å². The highest BCUT2D eigenvalue weighted by Gasteiger charge is 2.40. The van der Waals surface area contributed by atoms with Crippen molar-refractivity contribution in [2.24, 2.45) is 0 Å². The molecule has 0 radical (unpaired) electrons. The monoisotopic (exact) mass is 445 g/mol. The molecule has 31 heavy (non-hydrogen) atoms. The highest BCUT2D eigenvalue weighted by atomic mass is 32.1. The van der Waals surface area contributed by atoms with Gasteiger partial charge in [-0.1, -0.05) is 12.1 Å². The van der Waals surface area contributed by atoms with Crippen molar-refractivity contribution in [3.8, 4) is 0 Å². The first-order valence-electron chi connectivity index (χ1n) is 9.52. The first-order valence-corrected chi connectivity index (χ1v) is 10.3. The predicted octanol–water partition coefficient (Wildman–Crippen LogP) is 3.88. The van der Waals surface area contributed by atoms with Crippen LogP contribution in [0.15, 0.2) is 35.0 Å². The number of methoxy groups -OCH3 is 1. The van der Waals surface area contributed by atoms with Gasteiger partial charge >= 0.3 is 0 Å². The van der Waals surface area contributed by atoms with Gasteiger partial charge in [0.25, 0.3) is 12.3 Å². The molecule has 1 aromatic carbocycles. The molecular formula is C20H17F2N5O3S. The number of alkyl halides is 2. The number of benzene rings is 1. The van der Waals surface area contributed by atoms with Gasteiger partial charge in [0.2, 0.25) is 11.7 Å². The number of rotatable bonds is 5. The first kappa shape index (κ1) is 19.8. The Bertz CT molecular complexity index is 1220. The van der Waals surface area contributed by atoms with Gasteiger partial charge in [-0.3, -0.25) is 4.79 Å². The van der Waals surface area contributed by atoms with E-state index in [1.54, 1.807) is 6.33 Å². The summed E-state index contributed by atoms with van der Waals surface area (Å²) in [5, 5.41) is 0.651. The molecule has 1 atom stereocenters. The number of imidazole rings is 1. The summed E-state index contributed by atoms with van der Waals surface area (Å²) in [6, 6.07) is 7.00. The Kier molecular flexibility index (Phi) is 4.98. The van der Waals surface area contributed by atoms with E-state index in [2.05, 4.69) is 19.9 Å². The molecule has 160 valence electrons. The molecule has 1 N–H and O–H groups in total. The van der Waals surface area contributed by atoms with E-state index in [0.29, 0.717) is 17.1 Å². The lowest BCUT2D eigenvalue weighted by Crippen LogP contribution is -2.41. The summed E-state index contributed by atoms with van der Waals surface area (Å²) in [4.78, 5) is 30.9. The third-order valence-corrected chi connectivity index (χ3v) is 6.19. The normalized spacial score (nSPS) is 16.3. The van der Waals surface area contributed by atoms with Crippen LogP contribution in [-0.4, -0.2) is 44.4 Å². The number of H-pyrrole nitrogens is 1. The van der Waals surface area contributed by atoms with Gasteiger partial charge < -0.3 is 19.0 Å². The molecule has 0 spiro atoms. The molecule has 0 bridgehead atoms. The summed E-state index contributed by atoms with van der Waals surface area (Å²) >= 11 is 1.44. The Hall–Kier alpha value is -3.18. The molecule has 0 saturated heterocycles. The van der Waals surface area contributed by atoms with Gasteiger partial charge in [-0.2, -0.15) is 0 Å². The van der Waals surface area contributed by atoms with Crippen molar-refractivity contribution in [1.29, 1.82) is 0 Å². The number of para-hydroxylation sites is 1. The minimum atomic E-state index is -2.96. The van der Waals surface area contributed by atoms with Crippen molar-refractivity contribution in [3.05, 3.63) is 64.3 Å². The van der Waals surface area contributed by atoms with Crippen LogP contribution in [0.2, 0.25) is 0 Å². The number of aromatic amines is 1. The highest BCUT2D eigenvalue weighted by molar-refractivity contribution is 7.18. The van der Waals surface area contributed by atoms with E-state index in [4.69, 9.17) is 9.15 Å². The molecular weight excluding hydrogens is 428 g/mol. The quantitative estimate of drug-likeness (QED) is 0.501.